The molecule has 2 aromatic rings. The molecule has 0 fully saturated rings. The van der Waals surface area contributed by atoms with Crippen LogP contribution in [-0.4, -0.2) is 0 Å². The number of nitrogens with two attached hydrogens (primary N) is 1. The molecule has 15 heavy (non-hydrogen) atoms. The van der Waals surface area contributed by atoms with Gasteiger partial charge in [-0.1, -0.05) is 23.7 Å². The second kappa shape index (κ2) is 4.24. The first-order valence-electron chi connectivity index (χ1n) is 4.62. The Bertz CT molecular complexity index is 425. The Morgan fingerprint density at radius 2 is 1.60 bits per heavy atom. The summed E-state index contributed by atoms with van der Waals surface area (Å²) in [6.07, 6.45) is 0. The third kappa shape index (κ3) is 2.64. The zero-order valence-electron chi connectivity index (χ0n) is 8.07. The van der Waals surface area contributed by atoms with Gasteiger partial charge in [0.2, 0.25) is 0 Å². The number of hydrogen-bond acceptors (Lipinski definition) is 2. The van der Waals surface area contributed by atoms with E-state index in [1.54, 1.807) is 0 Å². The van der Waals surface area contributed by atoms with E-state index in [4.69, 9.17) is 17.3 Å². The summed E-state index contributed by atoms with van der Waals surface area (Å²) in [6, 6.07) is 15.1. The van der Waals surface area contributed by atoms with E-state index in [1.165, 1.54) is 0 Å². The van der Waals surface area contributed by atoms with Gasteiger partial charge in [0.05, 0.1) is 0 Å². The van der Waals surface area contributed by atoms with Crippen molar-refractivity contribution in [1.29, 1.82) is 0 Å². The zero-order valence-corrected chi connectivity index (χ0v) is 8.83. The van der Waals surface area contributed by atoms with E-state index in [2.05, 4.69) is 5.32 Å². The van der Waals surface area contributed by atoms with Crippen LogP contribution in [0.25, 0.3) is 0 Å². The van der Waals surface area contributed by atoms with E-state index in [0.717, 1.165) is 17.1 Å². The third-order valence-electron chi connectivity index (χ3n) is 2.00. The van der Waals surface area contributed by atoms with Gasteiger partial charge in [-0.25, -0.2) is 0 Å². The van der Waals surface area contributed by atoms with Crippen LogP contribution in [0.1, 0.15) is 0 Å². The van der Waals surface area contributed by atoms with Crippen molar-refractivity contribution in [2.45, 2.75) is 0 Å². The van der Waals surface area contributed by atoms with Crippen LogP contribution in [0.4, 0.5) is 17.1 Å². The van der Waals surface area contributed by atoms with Gasteiger partial charge >= 0.3 is 0 Å². The smallest absolute Gasteiger partial charge is 0.0426 e. The first-order valence-corrected chi connectivity index (χ1v) is 5.00. The lowest BCUT2D eigenvalue weighted by molar-refractivity contribution is 1.55. The van der Waals surface area contributed by atoms with Crippen molar-refractivity contribution in [3.05, 3.63) is 53.6 Å². The van der Waals surface area contributed by atoms with Crippen molar-refractivity contribution in [2.75, 3.05) is 11.1 Å². The molecule has 0 aliphatic heterocycles. The van der Waals surface area contributed by atoms with E-state index in [9.17, 15) is 0 Å². The molecule has 3 heteroatoms. The zero-order chi connectivity index (χ0) is 10.7. The van der Waals surface area contributed by atoms with Crippen LogP contribution in [0.2, 0.25) is 5.02 Å². The fraction of sp³-hybridized carbons (Fsp3) is 0. The summed E-state index contributed by atoms with van der Waals surface area (Å²) in [7, 11) is 0. The molecular weight excluding hydrogens is 208 g/mol. The molecule has 2 nitrogen and oxygen atoms in total. The molecule has 0 radical (unpaired) electrons. The molecule has 0 atom stereocenters. The number of benzene rings is 2. The Hall–Kier alpha value is -1.67. The van der Waals surface area contributed by atoms with Crippen LogP contribution in [0.5, 0.6) is 0 Å². The lowest BCUT2D eigenvalue weighted by Gasteiger charge is -2.06. The third-order valence-corrected chi connectivity index (χ3v) is 2.24. The van der Waals surface area contributed by atoms with Gasteiger partial charge in [-0.05, 0) is 36.4 Å². The van der Waals surface area contributed by atoms with Crippen LogP contribution in [-0.2, 0) is 0 Å². The van der Waals surface area contributed by atoms with Crippen LogP contribution in [0.3, 0.4) is 0 Å². The van der Waals surface area contributed by atoms with E-state index in [-0.39, 0.29) is 0 Å². The van der Waals surface area contributed by atoms with Crippen LogP contribution in [0.15, 0.2) is 48.5 Å². The first kappa shape index (κ1) is 9.87. The van der Waals surface area contributed by atoms with Gasteiger partial charge in [-0.15, -0.1) is 0 Å². The topological polar surface area (TPSA) is 38.0 Å². The SMILES string of the molecule is Nc1cccc(Nc2cccc(Cl)c2)c1. The van der Waals surface area contributed by atoms with E-state index in [0.29, 0.717) is 5.02 Å². The van der Waals surface area contributed by atoms with Crippen molar-refractivity contribution in [3.63, 3.8) is 0 Å². The average Bonchev–Trinajstić information content (AvgIpc) is 2.17. The van der Waals surface area contributed by atoms with E-state index >= 15 is 0 Å². The number of nitrogens with one attached hydrogen (secondary N) is 1. The Morgan fingerprint density at radius 3 is 2.27 bits per heavy atom. The van der Waals surface area contributed by atoms with Gasteiger partial charge < -0.3 is 11.1 Å². The minimum absolute atomic E-state index is 0.712. The van der Waals surface area contributed by atoms with Gasteiger partial charge in [0, 0.05) is 22.1 Å². The second-order valence-electron chi connectivity index (χ2n) is 3.26. The minimum atomic E-state index is 0.712. The number of rotatable bonds is 2. The Balaban J connectivity index is 2.22. The minimum Gasteiger partial charge on any atom is -0.399 e. The monoisotopic (exact) mass is 218 g/mol. The molecule has 0 amide bonds. The van der Waals surface area contributed by atoms with E-state index in [1.807, 2.05) is 48.5 Å². The molecule has 3 N–H and O–H groups in total. The van der Waals surface area contributed by atoms with Crippen LogP contribution in [0, 0.1) is 0 Å². The summed E-state index contributed by atoms with van der Waals surface area (Å²) >= 11 is 5.88. The first-order chi connectivity index (χ1) is 7.24. The van der Waals surface area contributed by atoms with Gasteiger partial charge in [-0.2, -0.15) is 0 Å². The molecule has 0 heterocycles. The van der Waals surface area contributed by atoms with Crippen molar-refractivity contribution in [3.8, 4) is 0 Å². The molecule has 0 unspecified atom stereocenters. The summed E-state index contributed by atoms with van der Waals surface area (Å²) < 4.78 is 0. The maximum absolute atomic E-state index is 5.88. The molecule has 0 spiro atoms. The molecule has 0 saturated carbocycles. The largest absolute Gasteiger partial charge is 0.399 e. The number of nitrogen functional groups attached to an aromatic ring is 1. The molecule has 0 aliphatic rings. The molecule has 0 bridgehead atoms. The van der Waals surface area contributed by atoms with Crippen molar-refractivity contribution in [1.82, 2.24) is 0 Å². The normalized spacial score (nSPS) is 9.93. The number of halogens is 1. The Morgan fingerprint density at radius 1 is 0.933 bits per heavy atom. The summed E-state index contributed by atoms with van der Waals surface area (Å²) in [5, 5.41) is 3.93. The molecular formula is C12H11ClN2. The predicted octanol–water partition coefficient (Wildman–Crippen LogP) is 3.67. The maximum atomic E-state index is 5.88. The highest BCUT2D eigenvalue weighted by atomic mass is 35.5. The second-order valence-corrected chi connectivity index (χ2v) is 3.70. The molecule has 2 aromatic carbocycles. The maximum Gasteiger partial charge on any atom is 0.0426 e. The fourth-order valence-electron chi connectivity index (χ4n) is 1.35. The molecule has 0 aliphatic carbocycles. The number of anilines is 3. The van der Waals surface area contributed by atoms with Gasteiger partial charge in [0.15, 0.2) is 0 Å². The molecule has 76 valence electrons. The standard InChI is InChI=1S/C12H11ClN2/c13-9-3-1-5-11(7-9)15-12-6-2-4-10(14)8-12/h1-8,15H,14H2. The highest BCUT2D eigenvalue weighted by Crippen LogP contribution is 2.21. The Kier molecular flexibility index (Phi) is 2.79. The highest BCUT2D eigenvalue weighted by molar-refractivity contribution is 6.30. The summed E-state index contributed by atoms with van der Waals surface area (Å²) in [6.45, 7) is 0. The molecule has 0 saturated heterocycles. The molecule has 2 rings (SSSR count). The summed E-state index contributed by atoms with van der Waals surface area (Å²) in [5.74, 6) is 0. The predicted molar refractivity (Wildman–Crippen MR) is 65.6 cm³/mol. The van der Waals surface area contributed by atoms with E-state index < -0.39 is 0 Å². The van der Waals surface area contributed by atoms with Gasteiger partial charge in [-0.3, -0.25) is 0 Å². The van der Waals surface area contributed by atoms with Crippen molar-refractivity contribution in [2.24, 2.45) is 0 Å². The average molecular weight is 219 g/mol. The van der Waals surface area contributed by atoms with Crippen LogP contribution >= 0.6 is 11.6 Å². The van der Waals surface area contributed by atoms with Crippen LogP contribution < -0.4 is 11.1 Å². The Labute approximate surface area is 93.7 Å². The highest BCUT2D eigenvalue weighted by Gasteiger charge is 1.95. The lowest BCUT2D eigenvalue weighted by Crippen LogP contribution is -1.91. The van der Waals surface area contributed by atoms with Gasteiger partial charge in [0.25, 0.3) is 0 Å². The summed E-state index contributed by atoms with van der Waals surface area (Å²) in [5.41, 5.74) is 8.32. The van der Waals surface area contributed by atoms with Gasteiger partial charge in [0.1, 0.15) is 0 Å². The fourth-order valence-corrected chi connectivity index (χ4v) is 1.54. The quantitative estimate of drug-likeness (QED) is 0.755. The molecule has 0 aromatic heterocycles. The summed E-state index contributed by atoms with van der Waals surface area (Å²) in [4.78, 5) is 0. The van der Waals surface area contributed by atoms with Crippen molar-refractivity contribution < 1.29 is 0 Å². The number of hydrogen-bond donors (Lipinski definition) is 2. The van der Waals surface area contributed by atoms with Crippen molar-refractivity contribution >= 4 is 28.7 Å². The lowest BCUT2D eigenvalue weighted by atomic mass is 10.2.